The normalized spacial score (nSPS) is 12.3. The van der Waals surface area contributed by atoms with Crippen molar-refractivity contribution in [1.82, 2.24) is 10.2 Å². The van der Waals surface area contributed by atoms with Crippen molar-refractivity contribution in [1.29, 1.82) is 0 Å². The lowest BCUT2D eigenvalue weighted by Gasteiger charge is -2.25. The third-order valence-electron chi connectivity index (χ3n) is 5.16. The first kappa shape index (κ1) is 25.2. The van der Waals surface area contributed by atoms with E-state index in [1.54, 1.807) is 18.2 Å². The minimum absolute atomic E-state index is 0.102. The van der Waals surface area contributed by atoms with E-state index in [2.05, 4.69) is 10.0 Å². The third-order valence-corrected chi connectivity index (χ3v) is 6.55. The summed E-state index contributed by atoms with van der Waals surface area (Å²) in [5, 5.41) is 2.85. The second kappa shape index (κ2) is 11.1. The van der Waals surface area contributed by atoms with E-state index in [0.29, 0.717) is 23.6 Å². The number of amides is 1. The number of ether oxygens (including phenoxy) is 1. The number of rotatable bonds is 10. The average molecular weight is 486 g/mol. The van der Waals surface area contributed by atoms with Crippen LogP contribution >= 0.6 is 0 Å². The standard InChI is InChI=1S/C25H28FN3O4S/c1-4-33-22-12-14-23(15-13-22)34(31,32)28-21-10-8-18(9-11-21)25(30)27-17-24(29(2)3)19-6-5-7-20(26)16-19/h5-16,24,28H,4,17H2,1-3H3,(H,27,30)/t24-/m1/s1. The molecule has 180 valence electrons. The molecule has 3 aromatic carbocycles. The number of benzene rings is 3. The van der Waals surface area contributed by atoms with Crippen LogP contribution in [0.4, 0.5) is 10.1 Å². The van der Waals surface area contributed by atoms with E-state index in [0.717, 1.165) is 5.56 Å². The Balaban J connectivity index is 1.63. The summed E-state index contributed by atoms with van der Waals surface area (Å²) in [6, 6.07) is 18.3. The third kappa shape index (κ3) is 6.55. The molecule has 0 unspecified atom stereocenters. The number of likely N-dealkylation sites (N-methyl/N-ethyl adjacent to an activating group) is 1. The summed E-state index contributed by atoms with van der Waals surface area (Å²) in [5.41, 5.74) is 1.46. The molecule has 0 heterocycles. The van der Waals surface area contributed by atoms with Gasteiger partial charge in [0.2, 0.25) is 0 Å². The lowest BCUT2D eigenvalue weighted by molar-refractivity contribution is 0.0942. The summed E-state index contributed by atoms with van der Waals surface area (Å²) in [7, 11) is -0.0772. The van der Waals surface area contributed by atoms with E-state index in [-0.39, 0.29) is 29.2 Å². The molecule has 1 atom stereocenters. The first-order valence-corrected chi connectivity index (χ1v) is 12.2. The van der Waals surface area contributed by atoms with Gasteiger partial charge in [-0.1, -0.05) is 12.1 Å². The molecule has 0 bridgehead atoms. The Bertz CT molecular complexity index is 1210. The molecule has 9 heteroatoms. The Hall–Kier alpha value is -3.43. The minimum atomic E-state index is -3.79. The van der Waals surface area contributed by atoms with E-state index in [9.17, 15) is 17.6 Å². The van der Waals surface area contributed by atoms with Crippen LogP contribution < -0.4 is 14.8 Å². The van der Waals surface area contributed by atoms with Crippen LogP contribution in [0, 0.1) is 5.82 Å². The Morgan fingerprint density at radius 3 is 2.29 bits per heavy atom. The van der Waals surface area contributed by atoms with E-state index in [4.69, 9.17) is 4.74 Å². The Morgan fingerprint density at radius 1 is 1.03 bits per heavy atom. The average Bonchev–Trinajstić information content (AvgIpc) is 2.80. The van der Waals surface area contributed by atoms with Gasteiger partial charge in [0.1, 0.15) is 11.6 Å². The first-order valence-electron chi connectivity index (χ1n) is 10.8. The van der Waals surface area contributed by atoms with Gasteiger partial charge < -0.3 is 15.0 Å². The predicted octanol–water partition coefficient (Wildman–Crippen LogP) is 4.06. The number of carbonyl (C=O) groups is 1. The van der Waals surface area contributed by atoms with Crippen molar-refractivity contribution < 1.29 is 22.3 Å². The van der Waals surface area contributed by atoms with Gasteiger partial charge in [0.25, 0.3) is 15.9 Å². The predicted molar refractivity (Wildman–Crippen MR) is 130 cm³/mol. The lowest BCUT2D eigenvalue weighted by Crippen LogP contribution is -2.34. The fourth-order valence-corrected chi connectivity index (χ4v) is 4.45. The number of hydrogen-bond acceptors (Lipinski definition) is 5. The van der Waals surface area contributed by atoms with Gasteiger partial charge in [0, 0.05) is 17.8 Å². The van der Waals surface area contributed by atoms with Gasteiger partial charge in [-0.05, 0) is 87.2 Å². The molecule has 1 amide bonds. The maximum Gasteiger partial charge on any atom is 0.261 e. The molecule has 0 aliphatic heterocycles. The number of nitrogens with zero attached hydrogens (tertiary/aromatic N) is 1. The summed E-state index contributed by atoms with van der Waals surface area (Å²) in [4.78, 5) is 14.6. The largest absolute Gasteiger partial charge is 0.494 e. The number of hydrogen-bond donors (Lipinski definition) is 2. The lowest BCUT2D eigenvalue weighted by atomic mass is 10.1. The van der Waals surface area contributed by atoms with Crippen molar-refractivity contribution >= 4 is 21.6 Å². The molecule has 0 fully saturated rings. The van der Waals surface area contributed by atoms with Crippen molar-refractivity contribution in [2.45, 2.75) is 17.9 Å². The van der Waals surface area contributed by atoms with E-state index in [1.165, 1.54) is 48.5 Å². The molecule has 0 aliphatic rings. The maximum atomic E-state index is 13.6. The highest BCUT2D eigenvalue weighted by molar-refractivity contribution is 7.92. The monoisotopic (exact) mass is 485 g/mol. The number of anilines is 1. The summed E-state index contributed by atoms with van der Waals surface area (Å²) in [6.45, 7) is 2.62. The number of sulfonamides is 1. The zero-order valence-electron chi connectivity index (χ0n) is 19.3. The topological polar surface area (TPSA) is 87.7 Å². The van der Waals surface area contributed by atoms with Crippen LogP contribution in [0.25, 0.3) is 0 Å². The number of halogens is 1. The molecule has 34 heavy (non-hydrogen) atoms. The number of nitrogens with one attached hydrogen (secondary N) is 2. The molecular formula is C25H28FN3O4S. The van der Waals surface area contributed by atoms with Gasteiger partial charge >= 0.3 is 0 Å². The van der Waals surface area contributed by atoms with Gasteiger partial charge in [0.15, 0.2) is 0 Å². The van der Waals surface area contributed by atoms with Crippen LogP contribution in [0.5, 0.6) is 5.75 Å². The van der Waals surface area contributed by atoms with E-state index >= 15 is 0 Å². The van der Waals surface area contributed by atoms with Crippen molar-refractivity contribution in [3.05, 3.63) is 89.7 Å². The second-order valence-corrected chi connectivity index (χ2v) is 9.51. The van der Waals surface area contributed by atoms with Crippen molar-refractivity contribution in [3.8, 4) is 5.75 Å². The summed E-state index contributed by atoms with van der Waals surface area (Å²) in [6.07, 6.45) is 0. The summed E-state index contributed by atoms with van der Waals surface area (Å²) < 4.78 is 46.7. The highest BCUT2D eigenvalue weighted by Gasteiger charge is 2.17. The molecular weight excluding hydrogens is 457 g/mol. The van der Waals surface area contributed by atoms with Crippen molar-refractivity contribution in [2.24, 2.45) is 0 Å². The Kier molecular flexibility index (Phi) is 8.25. The number of carbonyl (C=O) groups excluding carboxylic acids is 1. The van der Waals surface area contributed by atoms with Gasteiger partial charge in [-0.3, -0.25) is 9.52 Å². The molecule has 0 aliphatic carbocycles. The molecule has 3 aromatic rings. The van der Waals surface area contributed by atoms with E-state index in [1.807, 2.05) is 32.0 Å². The molecule has 7 nitrogen and oxygen atoms in total. The fourth-order valence-electron chi connectivity index (χ4n) is 3.39. The Labute approximate surface area is 199 Å². The highest BCUT2D eigenvalue weighted by atomic mass is 32.2. The molecule has 2 N–H and O–H groups in total. The van der Waals surface area contributed by atoms with Gasteiger partial charge in [-0.15, -0.1) is 0 Å². The molecule has 0 radical (unpaired) electrons. The summed E-state index contributed by atoms with van der Waals surface area (Å²) in [5.74, 6) is -0.0613. The maximum absolute atomic E-state index is 13.6. The summed E-state index contributed by atoms with van der Waals surface area (Å²) >= 11 is 0. The molecule has 3 rings (SSSR count). The van der Waals surface area contributed by atoms with Crippen LogP contribution in [-0.4, -0.2) is 46.5 Å². The van der Waals surface area contributed by atoms with Crippen LogP contribution in [-0.2, 0) is 10.0 Å². The smallest absolute Gasteiger partial charge is 0.261 e. The fraction of sp³-hybridized carbons (Fsp3) is 0.240. The van der Waals surface area contributed by atoms with Crippen molar-refractivity contribution in [3.63, 3.8) is 0 Å². The second-order valence-electron chi connectivity index (χ2n) is 7.83. The quantitative estimate of drug-likeness (QED) is 0.452. The SMILES string of the molecule is CCOc1ccc(S(=O)(=O)Nc2ccc(C(=O)NC[C@H](c3cccc(F)c3)N(C)C)cc2)cc1. The van der Waals surface area contributed by atoms with E-state index < -0.39 is 10.0 Å². The zero-order valence-corrected chi connectivity index (χ0v) is 20.1. The molecule has 0 saturated carbocycles. The molecule has 0 spiro atoms. The Morgan fingerprint density at radius 2 is 1.71 bits per heavy atom. The zero-order chi connectivity index (χ0) is 24.7. The molecule has 0 aromatic heterocycles. The van der Waals surface area contributed by atoms with Gasteiger partial charge in [-0.2, -0.15) is 0 Å². The van der Waals surface area contributed by atoms with Crippen LogP contribution in [0.15, 0.2) is 77.7 Å². The van der Waals surface area contributed by atoms with Crippen LogP contribution in [0.3, 0.4) is 0 Å². The van der Waals surface area contributed by atoms with Crippen molar-refractivity contribution in [2.75, 3.05) is 32.0 Å². The molecule has 0 saturated heterocycles. The van der Waals surface area contributed by atoms with Gasteiger partial charge in [0.05, 0.1) is 17.5 Å². The van der Waals surface area contributed by atoms with Gasteiger partial charge in [-0.25, -0.2) is 12.8 Å². The van der Waals surface area contributed by atoms with Crippen LogP contribution in [0.1, 0.15) is 28.9 Å². The minimum Gasteiger partial charge on any atom is -0.494 e. The first-order chi connectivity index (χ1) is 16.2. The van der Waals surface area contributed by atoms with Crippen LogP contribution in [0.2, 0.25) is 0 Å². The highest BCUT2D eigenvalue weighted by Crippen LogP contribution is 2.21.